The maximum absolute atomic E-state index is 11.3. The van der Waals surface area contributed by atoms with Gasteiger partial charge in [-0.25, -0.2) is 0 Å². The Hall–Kier alpha value is -3.88. The third-order valence-corrected chi connectivity index (χ3v) is 8.07. The van der Waals surface area contributed by atoms with Crippen molar-refractivity contribution < 1.29 is 38.0 Å². The molecule has 220 valence electrons. The highest BCUT2D eigenvalue weighted by molar-refractivity contribution is 5.80. The Morgan fingerprint density at radius 1 is 0.690 bits per heavy atom. The van der Waals surface area contributed by atoms with Crippen molar-refractivity contribution in [2.45, 2.75) is 64.1 Å². The predicted octanol–water partition coefficient (Wildman–Crippen LogP) is 5.27. The first kappa shape index (κ1) is 28.2. The maximum atomic E-state index is 11.3. The minimum Gasteiger partial charge on any atom is -0.491 e. The van der Waals surface area contributed by atoms with Gasteiger partial charge < -0.3 is 28.4 Å². The van der Waals surface area contributed by atoms with Crippen molar-refractivity contribution in [3.63, 3.8) is 0 Å². The van der Waals surface area contributed by atoms with Gasteiger partial charge in [0.05, 0.1) is 26.1 Å². The van der Waals surface area contributed by atoms with E-state index in [2.05, 4.69) is 38.1 Å². The first-order valence-electron chi connectivity index (χ1n) is 14.5. The standard InChI is InChI=1S/C21H24O4.C13H12O4/c1-21(2,15-3-7-17(8-4-15)22-11-19-13-24-19)16-5-9-18(10-6-16)23-12-20-14-25-20;1-7-12-8(2-4-10(14)16-12)6-9-3-5-11(15)17-13(7)9/h3-10,19-20H,11-14H2,1-2H3;6H,2-5H2,1H3. The summed E-state index contributed by atoms with van der Waals surface area (Å²) in [4.78, 5) is 22.6. The molecular formula is C34H36O8. The maximum Gasteiger partial charge on any atom is 0.311 e. The third kappa shape index (κ3) is 6.61. The second-order valence-electron chi connectivity index (χ2n) is 11.6. The zero-order valence-corrected chi connectivity index (χ0v) is 24.3. The molecule has 2 fully saturated rings. The molecule has 8 heteroatoms. The Kier molecular flexibility index (Phi) is 7.92. The summed E-state index contributed by atoms with van der Waals surface area (Å²) in [6.07, 6.45) is 2.81. The minimum atomic E-state index is -0.220. The average molecular weight is 573 g/mol. The van der Waals surface area contributed by atoms with Crippen LogP contribution in [0.15, 0.2) is 54.6 Å². The highest BCUT2D eigenvalue weighted by atomic mass is 16.6. The van der Waals surface area contributed by atoms with Crippen LogP contribution in [0.1, 0.15) is 54.5 Å². The molecule has 2 unspecified atom stereocenters. The van der Waals surface area contributed by atoms with Gasteiger partial charge in [-0.3, -0.25) is 9.59 Å². The van der Waals surface area contributed by atoms with E-state index in [0.29, 0.717) is 50.4 Å². The van der Waals surface area contributed by atoms with Crippen molar-refractivity contribution in [2.75, 3.05) is 26.4 Å². The molecule has 42 heavy (non-hydrogen) atoms. The smallest absolute Gasteiger partial charge is 0.311 e. The van der Waals surface area contributed by atoms with Crippen LogP contribution < -0.4 is 18.9 Å². The van der Waals surface area contributed by atoms with E-state index in [-0.39, 0.29) is 29.6 Å². The zero-order chi connectivity index (χ0) is 29.3. The normalized spacial score (nSPS) is 20.2. The average Bonchev–Trinajstić information content (AvgIpc) is 3.93. The summed E-state index contributed by atoms with van der Waals surface area (Å²) in [6.45, 7) is 9.20. The van der Waals surface area contributed by atoms with Crippen LogP contribution in [0.5, 0.6) is 23.0 Å². The van der Waals surface area contributed by atoms with Crippen LogP contribution in [0.4, 0.5) is 0 Å². The van der Waals surface area contributed by atoms with Gasteiger partial charge in [0.2, 0.25) is 0 Å². The van der Waals surface area contributed by atoms with Gasteiger partial charge in [-0.15, -0.1) is 0 Å². The molecule has 0 amide bonds. The molecule has 0 saturated carbocycles. The van der Waals surface area contributed by atoms with E-state index in [4.69, 9.17) is 28.4 Å². The van der Waals surface area contributed by atoms with Crippen LogP contribution in [0.2, 0.25) is 0 Å². The number of carbonyl (C=O) groups excluding carboxylic acids is 2. The Balaban J connectivity index is 0.000000162. The summed E-state index contributed by atoms with van der Waals surface area (Å²) in [5.41, 5.74) is 5.26. The lowest BCUT2D eigenvalue weighted by molar-refractivity contribution is -0.135. The molecule has 0 N–H and O–H groups in total. The number of esters is 2. The summed E-state index contributed by atoms with van der Waals surface area (Å²) < 4.78 is 32.2. The number of ether oxygens (including phenoxy) is 6. The molecule has 3 aromatic rings. The van der Waals surface area contributed by atoms with Gasteiger partial charge in [-0.05, 0) is 72.4 Å². The van der Waals surface area contributed by atoms with Crippen LogP contribution in [-0.2, 0) is 37.3 Å². The molecule has 2 saturated heterocycles. The topological polar surface area (TPSA) is 96.1 Å². The van der Waals surface area contributed by atoms with Crippen molar-refractivity contribution >= 4 is 11.9 Å². The number of carbonyl (C=O) groups is 2. The molecular weight excluding hydrogens is 536 g/mol. The van der Waals surface area contributed by atoms with E-state index in [0.717, 1.165) is 41.4 Å². The van der Waals surface area contributed by atoms with Crippen molar-refractivity contribution in [2.24, 2.45) is 0 Å². The number of hydrogen-bond acceptors (Lipinski definition) is 8. The van der Waals surface area contributed by atoms with E-state index < -0.39 is 0 Å². The molecule has 2 atom stereocenters. The molecule has 0 radical (unpaired) electrons. The van der Waals surface area contributed by atoms with E-state index in [1.807, 2.05) is 37.3 Å². The van der Waals surface area contributed by atoms with Crippen LogP contribution in [0.3, 0.4) is 0 Å². The largest absolute Gasteiger partial charge is 0.491 e. The molecule has 4 heterocycles. The van der Waals surface area contributed by atoms with Gasteiger partial charge in [0.1, 0.15) is 48.4 Å². The van der Waals surface area contributed by atoms with Crippen LogP contribution in [0.25, 0.3) is 0 Å². The minimum absolute atomic E-state index is 0.0870. The second-order valence-corrected chi connectivity index (χ2v) is 11.6. The third-order valence-electron chi connectivity index (χ3n) is 8.07. The molecule has 4 aliphatic rings. The zero-order valence-electron chi connectivity index (χ0n) is 24.3. The van der Waals surface area contributed by atoms with Crippen LogP contribution >= 0.6 is 0 Å². The lowest BCUT2D eigenvalue weighted by Gasteiger charge is -2.26. The highest BCUT2D eigenvalue weighted by Gasteiger charge is 2.28. The van der Waals surface area contributed by atoms with Crippen molar-refractivity contribution in [3.05, 3.63) is 82.4 Å². The number of hydrogen-bond donors (Lipinski definition) is 0. The summed E-state index contributed by atoms with van der Waals surface area (Å²) >= 11 is 0. The Labute approximate surface area is 245 Å². The number of rotatable bonds is 8. The van der Waals surface area contributed by atoms with Crippen molar-refractivity contribution in [1.29, 1.82) is 0 Å². The van der Waals surface area contributed by atoms with E-state index in [1.54, 1.807) is 0 Å². The molecule has 0 spiro atoms. The first-order valence-corrected chi connectivity index (χ1v) is 14.5. The lowest BCUT2D eigenvalue weighted by Crippen LogP contribution is -2.21. The quantitative estimate of drug-likeness (QED) is 0.205. The van der Waals surface area contributed by atoms with Crippen molar-refractivity contribution in [1.82, 2.24) is 0 Å². The fourth-order valence-electron chi connectivity index (χ4n) is 5.19. The second kappa shape index (κ2) is 11.8. The van der Waals surface area contributed by atoms with Gasteiger partial charge in [0.25, 0.3) is 0 Å². The van der Waals surface area contributed by atoms with Crippen molar-refractivity contribution in [3.8, 4) is 23.0 Å². The van der Waals surface area contributed by atoms with E-state index in [1.165, 1.54) is 11.1 Å². The fourth-order valence-corrected chi connectivity index (χ4v) is 5.19. The molecule has 3 aromatic carbocycles. The Morgan fingerprint density at radius 2 is 1.10 bits per heavy atom. The number of epoxide rings is 2. The SMILES string of the molecule is CC(C)(c1ccc(OCC2CO2)cc1)c1ccc(OCC2CO2)cc1.Cc1c2c(cc3c1OC(=O)CC3)CCC(=O)O2. The summed E-state index contributed by atoms with van der Waals surface area (Å²) in [6, 6.07) is 18.7. The molecule has 8 nitrogen and oxygen atoms in total. The summed E-state index contributed by atoms with van der Waals surface area (Å²) in [5, 5.41) is 0. The summed E-state index contributed by atoms with van der Waals surface area (Å²) in [5.74, 6) is 2.50. The lowest BCUT2D eigenvalue weighted by atomic mass is 9.78. The monoisotopic (exact) mass is 572 g/mol. The first-order chi connectivity index (χ1) is 20.3. The van der Waals surface area contributed by atoms with Gasteiger partial charge in [0.15, 0.2) is 0 Å². The predicted molar refractivity (Wildman–Crippen MR) is 155 cm³/mol. The number of benzene rings is 3. The van der Waals surface area contributed by atoms with Crippen LogP contribution in [0, 0.1) is 6.92 Å². The molecule has 0 aromatic heterocycles. The van der Waals surface area contributed by atoms with Crippen LogP contribution in [-0.4, -0.2) is 50.6 Å². The van der Waals surface area contributed by atoms with Gasteiger partial charge in [-0.1, -0.05) is 38.1 Å². The number of aryl methyl sites for hydroxylation is 2. The van der Waals surface area contributed by atoms with E-state index in [9.17, 15) is 9.59 Å². The van der Waals surface area contributed by atoms with Gasteiger partial charge >= 0.3 is 11.9 Å². The molecule has 0 aliphatic carbocycles. The summed E-state index contributed by atoms with van der Waals surface area (Å²) in [7, 11) is 0. The Morgan fingerprint density at radius 3 is 1.48 bits per heavy atom. The van der Waals surface area contributed by atoms with E-state index >= 15 is 0 Å². The highest BCUT2D eigenvalue weighted by Crippen LogP contribution is 2.40. The molecule has 7 rings (SSSR count). The Bertz CT molecular complexity index is 1340. The number of fused-ring (bicyclic) bond motifs is 2. The van der Waals surface area contributed by atoms with Gasteiger partial charge in [-0.2, -0.15) is 0 Å². The van der Waals surface area contributed by atoms with Gasteiger partial charge in [0, 0.05) is 11.0 Å². The fraction of sp³-hybridized carbons (Fsp3) is 0.412. The molecule has 4 aliphatic heterocycles. The molecule has 0 bridgehead atoms.